The van der Waals surface area contributed by atoms with Gasteiger partial charge in [0.2, 0.25) is 0 Å². The first-order valence-corrected chi connectivity index (χ1v) is 5.78. The number of aliphatic hydroxyl groups is 1. The highest BCUT2D eigenvalue weighted by Gasteiger charge is 2.26. The van der Waals surface area contributed by atoms with Gasteiger partial charge in [0.15, 0.2) is 0 Å². The predicted octanol–water partition coefficient (Wildman–Crippen LogP) is 1.03. The molecule has 0 aromatic heterocycles. The molecule has 0 amide bonds. The largest absolute Gasteiger partial charge is 0.496 e. The van der Waals surface area contributed by atoms with Crippen LogP contribution in [0.4, 0.5) is 5.69 Å². The van der Waals surface area contributed by atoms with E-state index in [1.54, 1.807) is 12.1 Å². The van der Waals surface area contributed by atoms with Crippen molar-refractivity contribution in [2.45, 2.75) is 6.54 Å². The average Bonchev–Trinajstić information content (AvgIpc) is 2.32. The zero-order valence-electron chi connectivity index (χ0n) is 10.2. The van der Waals surface area contributed by atoms with Gasteiger partial charge in [-0.05, 0) is 11.6 Å². The second-order valence-electron chi connectivity index (χ2n) is 4.54. The summed E-state index contributed by atoms with van der Waals surface area (Å²) in [6.45, 7) is 2.52. The normalized spacial score (nSPS) is 16.3. The molecule has 1 aliphatic heterocycles. The minimum atomic E-state index is -0.418. The second kappa shape index (κ2) is 5.32. The molecule has 6 nitrogen and oxygen atoms in total. The van der Waals surface area contributed by atoms with Crippen molar-refractivity contribution in [3.05, 3.63) is 33.9 Å². The summed E-state index contributed by atoms with van der Waals surface area (Å²) >= 11 is 0. The molecule has 1 N–H and O–H groups in total. The van der Waals surface area contributed by atoms with Gasteiger partial charge in [0.05, 0.1) is 18.1 Å². The molecule has 0 radical (unpaired) electrons. The summed E-state index contributed by atoms with van der Waals surface area (Å²) in [7, 11) is 1.49. The summed E-state index contributed by atoms with van der Waals surface area (Å²) in [6, 6.07) is 4.78. The van der Waals surface area contributed by atoms with E-state index in [-0.39, 0.29) is 12.3 Å². The summed E-state index contributed by atoms with van der Waals surface area (Å²) in [5.41, 5.74) is 0.904. The molecule has 0 unspecified atom stereocenters. The van der Waals surface area contributed by atoms with Gasteiger partial charge in [0.1, 0.15) is 5.75 Å². The Morgan fingerprint density at radius 3 is 2.78 bits per heavy atom. The number of methoxy groups -OCH3 is 1. The summed E-state index contributed by atoms with van der Waals surface area (Å²) in [5, 5.41) is 19.7. The van der Waals surface area contributed by atoms with E-state index in [9.17, 15) is 10.1 Å². The average molecular weight is 252 g/mol. The molecule has 0 bridgehead atoms. The molecule has 2 rings (SSSR count). The van der Waals surface area contributed by atoms with Crippen molar-refractivity contribution in [2.75, 3.05) is 26.8 Å². The molecular formula is C12H16N2O4. The van der Waals surface area contributed by atoms with Gasteiger partial charge in [-0.2, -0.15) is 0 Å². The maximum atomic E-state index is 10.8. The Morgan fingerprint density at radius 1 is 1.50 bits per heavy atom. The first kappa shape index (κ1) is 12.8. The predicted molar refractivity (Wildman–Crippen MR) is 65.5 cm³/mol. The van der Waals surface area contributed by atoms with Crippen LogP contribution in [-0.2, 0) is 6.54 Å². The highest BCUT2D eigenvalue weighted by atomic mass is 16.6. The van der Waals surface area contributed by atoms with Crippen molar-refractivity contribution in [3.63, 3.8) is 0 Å². The van der Waals surface area contributed by atoms with Gasteiger partial charge in [-0.15, -0.1) is 0 Å². The number of nitrogens with zero attached hydrogens (tertiary/aromatic N) is 2. The van der Waals surface area contributed by atoms with Crippen LogP contribution in [0.3, 0.4) is 0 Å². The van der Waals surface area contributed by atoms with E-state index in [0.717, 1.165) is 18.7 Å². The SMILES string of the molecule is COc1cc(CN2CC(CO)C2)cc([N+](=O)[O-])c1. The van der Waals surface area contributed by atoms with Crippen LogP contribution in [0.25, 0.3) is 0 Å². The third kappa shape index (κ3) is 2.77. The Morgan fingerprint density at radius 2 is 2.22 bits per heavy atom. The zero-order valence-corrected chi connectivity index (χ0v) is 10.2. The highest BCUT2D eigenvalue weighted by molar-refractivity contribution is 5.42. The summed E-state index contributed by atoms with van der Waals surface area (Å²) in [5.74, 6) is 0.837. The van der Waals surface area contributed by atoms with Crippen molar-refractivity contribution in [1.29, 1.82) is 0 Å². The van der Waals surface area contributed by atoms with E-state index in [1.165, 1.54) is 13.2 Å². The van der Waals surface area contributed by atoms with Crippen molar-refractivity contribution in [2.24, 2.45) is 5.92 Å². The van der Waals surface area contributed by atoms with E-state index >= 15 is 0 Å². The Labute approximate surface area is 105 Å². The number of hydrogen-bond donors (Lipinski definition) is 1. The molecule has 1 aromatic carbocycles. The summed E-state index contributed by atoms with van der Waals surface area (Å²) < 4.78 is 5.06. The van der Waals surface area contributed by atoms with Crippen LogP contribution in [0, 0.1) is 16.0 Å². The molecule has 1 fully saturated rings. The standard InChI is InChI=1S/C12H16N2O4/c1-18-12-3-9(2-11(4-12)14(16)17)5-13-6-10(7-13)8-15/h2-4,10,15H,5-8H2,1H3. The molecule has 1 heterocycles. The number of ether oxygens (including phenoxy) is 1. The Bertz CT molecular complexity index is 444. The molecule has 98 valence electrons. The molecular weight excluding hydrogens is 236 g/mol. The topological polar surface area (TPSA) is 75.8 Å². The zero-order chi connectivity index (χ0) is 13.1. The molecule has 0 spiro atoms. The smallest absolute Gasteiger partial charge is 0.273 e. The molecule has 0 atom stereocenters. The quantitative estimate of drug-likeness (QED) is 0.625. The first-order chi connectivity index (χ1) is 8.62. The maximum Gasteiger partial charge on any atom is 0.273 e. The summed E-state index contributed by atoms with van der Waals surface area (Å²) in [6.07, 6.45) is 0. The maximum absolute atomic E-state index is 10.8. The number of benzene rings is 1. The molecule has 1 saturated heterocycles. The third-order valence-corrected chi connectivity index (χ3v) is 3.09. The van der Waals surface area contributed by atoms with E-state index in [2.05, 4.69) is 4.90 Å². The summed E-state index contributed by atoms with van der Waals surface area (Å²) in [4.78, 5) is 12.5. The Hall–Kier alpha value is -1.66. The van der Waals surface area contributed by atoms with Crippen LogP contribution in [0.15, 0.2) is 18.2 Å². The van der Waals surface area contributed by atoms with E-state index in [1.807, 2.05) is 0 Å². The monoisotopic (exact) mass is 252 g/mol. The number of non-ortho nitro benzene ring substituents is 1. The van der Waals surface area contributed by atoms with Crippen LogP contribution >= 0.6 is 0 Å². The fourth-order valence-electron chi connectivity index (χ4n) is 2.14. The van der Waals surface area contributed by atoms with Gasteiger partial charge in [0.25, 0.3) is 5.69 Å². The van der Waals surface area contributed by atoms with E-state index in [0.29, 0.717) is 18.2 Å². The minimum absolute atomic E-state index is 0.0450. The molecule has 6 heteroatoms. The fourth-order valence-corrected chi connectivity index (χ4v) is 2.14. The lowest BCUT2D eigenvalue weighted by atomic mass is 10.0. The highest BCUT2D eigenvalue weighted by Crippen LogP contribution is 2.25. The lowest BCUT2D eigenvalue weighted by Crippen LogP contribution is -2.47. The molecule has 1 aromatic rings. The van der Waals surface area contributed by atoms with Crippen LogP contribution < -0.4 is 4.74 Å². The number of likely N-dealkylation sites (tertiary alicyclic amines) is 1. The minimum Gasteiger partial charge on any atom is -0.496 e. The van der Waals surface area contributed by atoms with Gasteiger partial charge in [0, 0.05) is 38.2 Å². The van der Waals surface area contributed by atoms with E-state index in [4.69, 9.17) is 9.84 Å². The van der Waals surface area contributed by atoms with Gasteiger partial charge < -0.3 is 9.84 Å². The van der Waals surface area contributed by atoms with Crippen molar-refractivity contribution in [1.82, 2.24) is 4.90 Å². The van der Waals surface area contributed by atoms with E-state index < -0.39 is 4.92 Å². The number of aliphatic hydroxyl groups excluding tert-OH is 1. The van der Waals surface area contributed by atoms with Crippen LogP contribution in [0.1, 0.15) is 5.56 Å². The number of rotatable bonds is 5. The molecule has 0 aliphatic carbocycles. The fraction of sp³-hybridized carbons (Fsp3) is 0.500. The van der Waals surface area contributed by atoms with Crippen molar-refractivity contribution in [3.8, 4) is 5.75 Å². The van der Waals surface area contributed by atoms with Gasteiger partial charge in [-0.1, -0.05) is 0 Å². The van der Waals surface area contributed by atoms with Crippen molar-refractivity contribution >= 4 is 5.69 Å². The van der Waals surface area contributed by atoms with Gasteiger partial charge in [-0.25, -0.2) is 0 Å². The second-order valence-corrected chi connectivity index (χ2v) is 4.54. The number of hydrogen-bond acceptors (Lipinski definition) is 5. The van der Waals surface area contributed by atoms with Gasteiger partial charge in [-0.3, -0.25) is 15.0 Å². The molecule has 18 heavy (non-hydrogen) atoms. The Balaban J connectivity index is 2.08. The first-order valence-electron chi connectivity index (χ1n) is 5.78. The van der Waals surface area contributed by atoms with Crippen molar-refractivity contribution < 1.29 is 14.8 Å². The van der Waals surface area contributed by atoms with Crippen LogP contribution in [0.5, 0.6) is 5.75 Å². The third-order valence-electron chi connectivity index (χ3n) is 3.09. The lowest BCUT2D eigenvalue weighted by molar-refractivity contribution is -0.385. The lowest BCUT2D eigenvalue weighted by Gasteiger charge is -2.38. The number of nitro benzene ring substituents is 1. The van der Waals surface area contributed by atoms with Gasteiger partial charge >= 0.3 is 0 Å². The number of nitro groups is 1. The van der Waals surface area contributed by atoms with Crippen LogP contribution in [0.2, 0.25) is 0 Å². The van der Waals surface area contributed by atoms with Crippen LogP contribution in [-0.4, -0.2) is 41.7 Å². The Kier molecular flexibility index (Phi) is 3.78. The molecule has 0 saturated carbocycles. The molecule has 1 aliphatic rings.